The molecule has 144 valence electrons. The number of para-hydroxylation sites is 1. The Morgan fingerprint density at radius 3 is 2.37 bits per heavy atom. The molecule has 2 aromatic rings. The van der Waals surface area contributed by atoms with Crippen LogP contribution in [0.1, 0.15) is 24.2 Å². The van der Waals surface area contributed by atoms with Gasteiger partial charge in [0, 0.05) is 31.9 Å². The summed E-state index contributed by atoms with van der Waals surface area (Å²) in [4.78, 5) is 25.0. The van der Waals surface area contributed by atoms with Gasteiger partial charge in [0.15, 0.2) is 6.61 Å². The van der Waals surface area contributed by atoms with Crippen molar-refractivity contribution in [3.05, 3.63) is 41.7 Å². The molecule has 0 bridgehead atoms. The van der Waals surface area contributed by atoms with Crippen LogP contribution in [0.3, 0.4) is 0 Å². The molecule has 27 heavy (non-hydrogen) atoms. The maximum atomic E-state index is 12.5. The minimum atomic E-state index is -0.0712. The number of piperidine rings is 1. The number of nitrogens with zero attached hydrogens (tertiary/aromatic N) is 4. The van der Waals surface area contributed by atoms with Gasteiger partial charge in [-0.05, 0) is 38.8 Å². The second kappa shape index (κ2) is 8.24. The predicted molar refractivity (Wildman–Crippen MR) is 106 cm³/mol. The maximum Gasteiger partial charge on any atom is 0.317 e. The number of nitrogen functional groups attached to an aromatic ring is 1. The highest BCUT2D eigenvalue weighted by atomic mass is 16.5. The number of rotatable bonds is 5. The zero-order valence-electron chi connectivity index (χ0n) is 16.2. The third-order valence-corrected chi connectivity index (χ3v) is 5.16. The predicted octanol–water partition coefficient (Wildman–Crippen LogP) is 2.18. The van der Waals surface area contributed by atoms with Gasteiger partial charge in [-0.15, -0.1) is 0 Å². The second-order valence-corrected chi connectivity index (χ2v) is 6.94. The van der Waals surface area contributed by atoms with Gasteiger partial charge in [0.05, 0.1) is 17.1 Å². The maximum absolute atomic E-state index is 12.5. The Kier molecular flexibility index (Phi) is 5.78. The van der Waals surface area contributed by atoms with E-state index in [1.54, 1.807) is 18.7 Å². The van der Waals surface area contributed by atoms with Gasteiger partial charge in [0.1, 0.15) is 0 Å². The molecule has 7 heteroatoms. The first-order chi connectivity index (χ1) is 13.0. The van der Waals surface area contributed by atoms with E-state index in [9.17, 15) is 4.79 Å². The van der Waals surface area contributed by atoms with Crippen LogP contribution in [0.4, 0.5) is 11.4 Å². The molecule has 0 atom stereocenters. The molecular formula is C20H27N5O2. The number of nitrogens with two attached hydrogens (primary N) is 1. The summed E-state index contributed by atoms with van der Waals surface area (Å²) in [6, 6.07) is 10.8. The number of carbonyl (C=O) groups excluding carboxylic acids is 1. The number of ether oxygens (including phenoxy) is 1. The summed E-state index contributed by atoms with van der Waals surface area (Å²) < 4.78 is 5.51. The van der Waals surface area contributed by atoms with E-state index < -0.39 is 0 Å². The van der Waals surface area contributed by atoms with Crippen LogP contribution >= 0.6 is 0 Å². The summed E-state index contributed by atoms with van der Waals surface area (Å²) in [6.45, 7) is 5.40. The molecule has 1 saturated heterocycles. The fourth-order valence-electron chi connectivity index (χ4n) is 3.34. The lowest BCUT2D eigenvalue weighted by Gasteiger charge is -2.37. The summed E-state index contributed by atoms with van der Waals surface area (Å²) in [7, 11) is 1.84. The van der Waals surface area contributed by atoms with Crippen LogP contribution in [0.2, 0.25) is 0 Å². The zero-order valence-corrected chi connectivity index (χ0v) is 16.2. The van der Waals surface area contributed by atoms with Gasteiger partial charge in [-0.2, -0.15) is 9.97 Å². The number of hydrogen-bond acceptors (Lipinski definition) is 6. The molecule has 0 saturated carbocycles. The van der Waals surface area contributed by atoms with Crippen molar-refractivity contribution in [2.24, 2.45) is 0 Å². The Morgan fingerprint density at radius 1 is 1.19 bits per heavy atom. The van der Waals surface area contributed by atoms with Gasteiger partial charge in [0.25, 0.3) is 5.91 Å². The molecule has 0 radical (unpaired) electrons. The minimum absolute atomic E-state index is 0.0658. The summed E-state index contributed by atoms with van der Waals surface area (Å²) in [5.41, 5.74) is 8.95. The number of benzene rings is 1. The number of aryl methyl sites for hydroxylation is 2. The first-order valence-electron chi connectivity index (χ1n) is 9.25. The number of likely N-dealkylation sites (N-methyl/N-ethyl adjacent to an activating group) is 1. The molecule has 3 rings (SSSR count). The molecule has 2 N–H and O–H groups in total. The van der Waals surface area contributed by atoms with E-state index in [0.29, 0.717) is 17.1 Å². The second-order valence-electron chi connectivity index (χ2n) is 6.94. The normalized spacial score (nSPS) is 14.9. The fourth-order valence-corrected chi connectivity index (χ4v) is 3.34. The van der Waals surface area contributed by atoms with Crippen molar-refractivity contribution in [3.8, 4) is 6.01 Å². The topological polar surface area (TPSA) is 84.6 Å². The van der Waals surface area contributed by atoms with E-state index in [-0.39, 0.29) is 24.6 Å². The highest BCUT2D eigenvalue weighted by Gasteiger charge is 2.25. The van der Waals surface area contributed by atoms with E-state index in [2.05, 4.69) is 39.1 Å². The Balaban J connectivity index is 1.51. The van der Waals surface area contributed by atoms with Gasteiger partial charge >= 0.3 is 6.01 Å². The lowest BCUT2D eigenvalue weighted by molar-refractivity contribution is -0.134. The molecule has 2 heterocycles. The molecule has 0 spiro atoms. The van der Waals surface area contributed by atoms with Crippen LogP contribution in [-0.2, 0) is 4.79 Å². The molecule has 1 aromatic heterocycles. The van der Waals surface area contributed by atoms with E-state index >= 15 is 0 Å². The Morgan fingerprint density at radius 2 is 1.78 bits per heavy atom. The van der Waals surface area contributed by atoms with Crippen LogP contribution in [0.25, 0.3) is 0 Å². The average Bonchev–Trinajstić information content (AvgIpc) is 2.70. The van der Waals surface area contributed by atoms with Crippen LogP contribution in [0.5, 0.6) is 6.01 Å². The van der Waals surface area contributed by atoms with Crippen molar-refractivity contribution >= 4 is 17.3 Å². The molecule has 1 aromatic carbocycles. The number of hydrogen-bond donors (Lipinski definition) is 1. The number of amides is 1. The zero-order chi connectivity index (χ0) is 19.4. The Hall–Kier alpha value is -2.83. The summed E-state index contributed by atoms with van der Waals surface area (Å²) in [6.07, 6.45) is 1.88. The lowest BCUT2D eigenvalue weighted by atomic mass is 10.0. The van der Waals surface area contributed by atoms with Crippen molar-refractivity contribution in [1.82, 2.24) is 14.9 Å². The van der Waals surface area contributed by atoms with Gasteiger partial charge in [-0.3, -0.25) is 4.79 Å². The minimum Gasteiger partial charge on any atom is -0.453 e. The summed E-state index contributed by atoms with van der Waals surface area (Å²) >= 11 is 0. The van der Waals surface area contributed by atoms with Crippen molar-refractivity contribution in [2.75, 3.05) is 37.4 Å². The van der Waals surface area contributed by atoms with Crippen LogP contribution in [0, 0.1) is 13.8 Å². The van der Waals surface area contributed by atoms with E-state index in [4.69, 9.17) is 10.5 Å². The summed E-state index contributed by atoms with van der Waals surface area (Å²) in [5.74, 6) is -0.0658. The van der Waals surface area contributed by atoms with Gasteiger partial charge in [0.2, 0.25) is 0 Å². The molecule has 1 aliphatic heterocycles. The number of carbonyl (C=O) groups is 1. The van der Waals surface area contributed by atoms with Gasteiger partial charge < -0.3 is 20.3 Å². The molecule has 0 aliphatic carbocycles. The van der Waals surface area contributed by atoms with Crippen molar-refractivity contribution in [1.29, 1.82) is 0 Å². The van der Waals surface area contributed by atoms with Crippen molar-refractivity contribution in [2.45, 2.75) is 32.7 Å². The van der Waals surface area contributed by atoms with Crippen LogP contribution < -0.4 is 15.4 Å². The molecule has 7 nitrogen and oxygen atoms in total. The quantitative estimate of drug-likeness (QED) is 0.870. The molecule has 0 unspecified atom stereocenters. The monoisotopic (exact) mass is 369 g/mol. The van der Waals surface area contributed by atoms with Crippen molar-refractivity contribution < 1.29 is 9.53 Å². The molecule has 1 aliphatic rings. The largest absolute Gasteiger partial charge is 0.453 e. The van der Waals surface area contributed by atoms with Gasteiger partial charge in [-0.25, -0.2) is 0 Å². The van der Waals surface area contributed by atoms with Crippen LogP contribution in [-0.4, -0.2) is 53.6 Å². The first-order valence-corrected chi connectivity index (χ1v) is 9.25. The first kappa shape index (κ1) is 18.9. The number of anilines is 2. The molecular weight excluding hydrogens is 342 g/mol. The molecule has 1 amide bonds. The third kappa shape index (κ3) is 4.48. The fraction of sp³-hybridized carbons (Fsp3) is 0.450. The Bertz CT molecular complexity index is 765. The highest BCUT2D eigenvalue weighted by Crippen LogP contribution is 2.22. The van der Waals surface area contributed by atoms with Crippen molar-refractivity contribution in [3.63, 3.8) is 0 Å². The van der Waals surface area contributed by atoms with E-state index in [0.717, 1.165) is 25.9 Å². The van der Waals surface area contributed by atoms with E-state index in [1.165, 1.54) is 5.69 Å². The van der Waals surface area contributed by atoms with Crippen LogP contribution in [0.15, 0.2) is 30.3 Å². The van der Waals surface area contributed by atoms with Gasteiger partial charge in [-0.1, -0.05) is 18.2 Å². The van der Waals surface area contributed by atoms with E-state index in [1.807, 2.05) is 13.1 Å². The highest BCUT2D eigenvalue weighted by molar-refractivity contribution is 5.77. The smallest absolute Gasteiger partial charge is 0.317 e. The number of aromatic nitrogens is 2. The SMILES string of the molecule is Cc1nc(OCC(=O)N(C)C2CCN(c3ccccc3)CC2)nc(C)c1N. The Labute approximate surface area is 160 Å². The molecule has 1 fully saturated rings. The standard InChI is InChI=1S/C20H27N5O2/c1-14-19(21)15(2)23-20(22-14)27-13-18(26)24(3)16-9-11-25(12-10-16)17-7-5-4-6-8-17/h4-8,16H,9-13,21H2,1-3H3. The third-order valence-electron chi connectivity index (χ3n) is 5.16. The summed E-state index contributed by atoms with van der Waals surface area (Å²) in [5, 5.41) is 0. The average molecular weight is 369 g/mol. The lowest BCUT2D eigenvalue weighted by Crippen LogP contribution is -2.47.